The van der Waals surface area contributed by atoms with Crippen LogP contribution in [0.5, 0.6) is 0 Å². The van der Waals surface area contributed by atoms with Gasteiger partial charge in [-0.3, -0.25) is 19.2 Å². The summed E-state index contributed by atoms with van der Waals surface area (Å²) in [6, 6.07) is 9.91. The van der Waals surface area contributed by atoms with E-state index in [9.17, 15) is 9.59 Å². The molecule has 1 aromatic carbocycles. The Morgan fingerprint density at radius 2 is 1.75 bits per heavy atom. The highest BCUT2D eigenvalue weighted by Crippen LogP contribution is 2.17. The maximum atomic E-state index is 12.8. The van der Waals surface area contributed by atoms with Gasteiger partial charge in [0.15, 0.2) is 0 Å². The van der Waals surface area contributed by atoms with Gasteiger partial charge < -0.3 is 10.2 Å². The van der Waals surface area contributed by atoms with Gasteiger partial charge in [-0.15, -0.1) is 0 Å². The summed E-state index contributed by atoms with van der Waals surface area (Å²) in [5, 5.41) is 7.63. The molecule has 0 atom stereocenters. The van der Waals surface area contributed by atoms with Gasteiger partial charge in [0, 0.05) is 51.4 Å². The molecule has 1 aromatic heterocycles. The normalized spacial score (nSPS) is 14.7. The van der Waals surface area contributed by atoms with E-state index in [2.05, 4.69) is 40.8 Å². The fourth-order valence-electron chi connectivity index (χ4n) is 4.22. The van der Waals surface area contributed by atoms with Crippen LogP contribution in [-0.4, -0.2) is 64.1 Å². The van der Waals surface area contributed by atoms with Crippen molar-refractivity contribution < 1.29 is 9.59 Å². The topological polar surface area (TPSA) is 70.5 Å². The highest BCUT2D eigenvalue weighted by molar-refractivity contribution is 5.78. The molecule has 0 bridgehead atoms. The zero-order valence-corrected chi connectivity index (χ0v) is 19.9. The molecule has 7 heteroatoms. The molecule has 0 unspecified atom stereocenters. The van der Waals surface area contributed by atoms with Crippen molar-refractivity contribution in [1.82, 2.24) is 24.9 Å². The number of benzene rings is 1. The number of nitrogens with one attached hydrogen (secondary N) is 1. The van der Waals surface area contributed by atoms with Gasteiger partial charge in [-0.2, -0.15) is 5.10 Å². The Bertz CT molecular complexity index is 899. The largest absolute Gasteiger partial charge is 0.351 e. The maximum absolute atomic E-state index is 12.8. The van der Waals surface area contributed by atoms with Crippen LogP contribution in [0.2, 0.25) is 0 Å². The molecular formula is C25H37N5O2. The number of aryl methyl sites for hydroxylation is 1. The van der Waals surface area contributed by atoms with Crippen LogP contribution in [0.25, 0.3) is 0 Å². The summed E-state index contributed by atoms with van der Waals surface area (Å²) in [6.45, 7) is 13.1. The second kappa shape index (κ2) is 11.3. The van der Waals surface area contributed by atoms with E-state index >= 15 is 0 Å². The lowest BCUT2D eigenvalue weighted by atomic mass is 10.1. The van der Waals surface area contributed by atoms with Gasteiger partial charge in [-0.25, -0.2) is 0 Å². The van der Waals surface area contributed by atoms with Gasteiger partial charge in [0.05, 0.1) is 12.2 Å². The molecule has 2 amide bonds. The van der Waals surface area contributed by atoms with Crippen LogP contribution in [0.15, 0.2) is 30.3 Å². The third-order valence-electron chi connectivity index (χ3n) is 6.08. The number of hydrogen-bond donors (Lipinski definition) is 1. The minimum atomic E-state index is 0.0259. The highest BCUT2D eigenvalue weighted by Gasteiger charge is 2.23. The standard InChI is InChI=1S/C25H37N5O2/c1-19(2)17-30-21(4)23(20(3)27-30)10-11-25(32)29-14-12-28(13-15-29)18-24(31)26-16-22-8-6-5-7-9-22/h5-9,19H,10-18H2,1-4H3,(H,26,31). The van der Waals surface area contributed by atoms with E-state index in [4.69, 9.17) is 0 Å². The second-order valence-electron chi connectivity index (χ2n) is 9.14. The number of nitrogens with zero attached hydrogens (tertiary/aromatic N) is 4. The third kappa shape index (κ3) is 6.66. The lowest BCUT2D eigenvalue weighted by Crippen LogP contribution is -2.51. The number of carbonyl (C=O) groups is 2. The van der Waals surface area contributed by atoms with Crippen LogP contribution < -0.4 is 5.32 Å². The molecule has 0 saturated carbocycles. The molecule has 0 aliphatic carbocycles. The zero-order valence-electron chi connectivity index (χ0n) is 19.9. The maximum Gasteiger partial charge on any atom is 0.234 e. The van der Waals surface area contributed by atoms with Gasteiger partial charge in [-0.05, 0) is 37.3 Å². The van der Waals surface area contributed by atoms with Crippen LogP contribution in [0.3, 0.4) is 0 Å². The monoisotopic (exact) mass is 439 g/mol. The predicted molar refractivity (Wildman–Crippen MR) is 126 cm³/mol. The number of rotatable bonds is 9. The van der Waals surface area contributed by atoms with E-state index < -0.39 is 0 Å². The molecule has 1 aliphatic rings. The Morgan fingerprint density at radius 1 is 1.06 bits per heavy atom. The number of hydrogen-bond acceptors (Lipinski definition) is 4. The van der Waals surface area contributed by atoms with E-state index in [-0.39, 0.29) is 11.8 Å². The smallest absolute Gasteiger partial charge is 0.234 e. The molecule has 2 aromatic rings. The van der Waals surface area contributed by atoms with Crippen molar-refractivity contribution in [1.29, 1.82) is 0 Å². The molecule has 32 heavy (non-hydrogen) atoms. The van der Waals surface area contributed by atoms with Crippen molar-refractivity contribution in [2.45, 2.75) is 53.6 Å². The summed E-state index contributed by atoms with van der Waals surface area (Å²) < 4.78 is 2.07. The summed E-state index contributed by atoms with van der Waals surface area (Å²) in [5.74, 6) is 0.755. The molecule has 0 radical (unpaired) electrons. The third-order valence-corrected chi connectivity index (χ3v) is 6.08. The summed E-state index contributed by atoms with van der Waals surface area (Å²) in [5.41, 5.74) is 4.50. The summed E-state index contributed by atoms with van der Waals surface area (Å²) in [4.78, 5) is 29.1. The minimum Gasteiger partial charge on any atom is -0.351 e. The summed E-state index contributed by atoms with van der Waals surface area (Å²) in [6.07, 6.45) is 1.24. The first kappa shape index (κ1) is 24.0. The first-order chi connectivity index (χ1) is 15.3. The van der Waals surface area contributed by atoms with Crippen molar-refractivity contribution >= 4 is 11.8 Å². The van der Waals surface area contributed by atoms with E-state index in [1.54, 1.807) is 0 Å². The lowest BCUT2D eigenvalue weighted by Gasteiger charge is -2.34. The Balaban J connectivity index is 1.40. The van der Waals surface area contributed by atoms with E-state index in [1.807, 2.05) is 42.2 Å². The van der Waals surface area contributed by atoms with Crippen molar-refractivity contribution in [3.63, 3.8) is 0 Å². The fraction of sp³-hybridized carbons (Fsp3) is 0.560. The SMILES string of the molecule is Cc1nn(CC(C)C)c(C)c1CCC(=O)N1CCN(CC(=O)NCc2ccccc2)CC1. The molecule has 1 fully saturated rings. The first-order valence-electron chi connectivity index (χ1n) is 11.7. The Labute approximate surface area is 191 Å². The van der Waals surface area contributed by atoms with Crippen LogP contribution in [0, 0.1) is 19.8 Å². The quantitative estimate of drug-likeness (QED) is 0.652. The van der Waals surface area contributed by atoms with Gasteiger partial charge in [0.1, 0.15) is 0 Å². The number of piperazine rings is 1. The van der Waals surface area contributed by atoms with E-state index in [0.717, 1.165) is 37.3 Å². The molecule has 174 valence electrons. The Hall–Kier alpha value is -2.67. The van der Waals surface area contributed by atoms with Crippen molar-refractivity contribution in [2.24, 2.45) is 5.92 Å². The van der Waals surface area contributed by atoms with Gasteiger partial charge >= 0.3 is 0 Å². The molecule has 3 rings (SSSR count). The summed E-state index contributed by atoms with van der Waals surface area (Å²) >= 11 is 0. The van der Waals surface area contributed by atoms with Gasteiger partial charge in [0.25, 0.3) is 0 Å². The first-order valence-corrected chi connectivity index (χ1v) is 11.7. The predicted octanol–water partition coefficient (Wildman–Crippen LogP) is 2.55. The fourth-order valence-corrected chi connectivity index (χ4v) is 4.22. The van der Waals surface area contributed by atoms with E-state index in [0.29, 0.717) is 38.5 Å². The van der Waals surface area contributed by atoms with E-state index in [1.165, 1.54) is 11.3 Å². The Morgan fingerprint density at radius 3 is 2.41 bits per heavy atom. The van der Waals surface area contributed by atoms with Gasteiger partial charge in [0.2, 0.25) is 11.8 Å². The highest BCUT2D eigenvalue weighted by atomic mass is 16.2. The van der Waals surface area contributed by atoms with Crippen molar-refractivity contribution in [3.8, 4) is 0 Å². The molecule has 1 N–H and O–H groups in total. The van der Waals surface area contributed by atoms with Crippen molar-refractivity contribution in [2.75, 3.05) is 32.7 Å². The van der Waals surface area contributed by atoms with Crippen LogP contribution >= 0.6 is 0 Å². The minimum absolute atomic E-state index is 0.0259. The number of amides is 2. The lowest BCUT2D eigenvalue weighted by molar-refractivity contribution is -0.133. The van der Waals surface area contributed by atoms with Crippen molar-refractivity contribution in [3.05, 3.63) is 52.8 Å². The molecule has 1 aliphatic heterocycles. The summed E-state index contributed by atoms with van der Waals surface area (Å²) in [7, 11) is 0. The van der Waals surface area contributed by atoms with Crippen LogP contribution in [-0.2, 0) is 29.1 Å². The van der Waals surface area contributed by atoms with Gasteiger partial charge in [-0.1, -0.05) is 44.2 Å². The average Bonchev–Trinajstić information content (AvgIpc) is 3.03. The van der Waals surface area contributed by atoms with Crippen LogP contribution in [0.4, 0.5) is 0 Å². The second-order valence-corrected chi connectivity index (χ2v) is 9.14. The number of aromatic nitrogens is 2. The molecular weight excluding hydrogens is 402 g/mol. The Kier molecular flexibility index (Phi) is 8.45. The molecule has 1 saturated heterocycles. The molecule has 0 spiro atoms. The van der Waals surface area contributed by atoms with Crippen LogP contribution in [0.1, 0.15) is 42.8 Å². The number of carbonyl (C=O) groups excluding carboxylic acids is 2. The molecule has 2 heterocycles. The average molecular weight is 440 g/mol. The molecule has 7 nitrogen and oxygen atoms in total. The zero-order chi connectivity index (χ0) is 23.1.